The largest absolute Gasteiger partial charge is 0.114 e. The summed E-state index contributed by atoms with van der Waals surface area (Å²) >= 11 is 9.87. The van der Waals surface area contributed by atoms with E-state index in [0.29, 0.717) is 0 Å². The fourth-order valence-electron chi connectivity index (χ4n) is 1.12. The maximum Gasteiger partial charge on any atom is 0.00717 e. The molecule has 0 fully saturated rings. The van der Waals surface area contributed by atoms with Gasteiger partial charge in [-0.3, -0.25) is 0 Å². The van der Waals surface area contributed by atoms with Gasteiger partial charge in [-0.1, -0.05) is 57.0 Å². The molecule has 0 saturated heterocycles. The van der Waals surface area contributed by atoms with Crippen LogP contribution in [0.2, 0.25) is 0 Å². The number of hydrogen-bond acceptors (Lipinski definition) is 2. The molecular formula is C10H19BrS2. The zero-order chi connectivity index (χ0) is 9.23. The average molecular weight is 283 g/mol. The van der Waals surface area contributed by atoms with Crippen molar-refractivity contribution in [1.29, 1.82) is 0 Å². The molecule has 0 aromatic rings. The highest BCUT2D eigenvalue weighted by molar-refractivity contribution is 8.93. The second kappa shape index (κ2) is 12.7. The van der Waals surface area contributed by atoms with Crippen LogP contribution in [0.4, 0.5) is 0 Å². The second-order valence-corrected chi connectivity index (χ2v) is 3.98. The lowest BCUT2D eigenvalue weighted by atomic mass is 10.1. The lowest BCUT2D eigenvalue weighted by Crippen LogP contribution is -1.93. The predicted molar refractivity (Wildman–Crippen MR) is 74.6 cm³/mol. The van der Waals surface area contributed by atoms with Gasteiger partial charge in [0.2, 0.25) is 0 Å². The summed E-state index contributed by atoms with van der Waals surface area (Å²) in [5.41, 5.74) is 0. The molecule has 0 aromatic heterocycles. The van der Waals surface area contributed by atoms with Crippen molar-refractivity contribution in [3.63, 3.8) is 0 Å². The first-order chi connectivity index (χ1) is 5.81. The van der Waals surface area contributed by atoms with Crippen LogP contribution in [0.1, 0.15) is 51.9 Å². The summed E-state index contributed by atoms with van der Waals surface area (Å²) in [7, 11) is 0. The number of halogens is 1. The second-order valence-electron chi connectivity index (χ2n) is 3.07. The molecule has 3 heteroatoms. The third kappa shape index (κ3) is 12.7. The quantitative estimate of drug-likeness (QED) is 0.468. The smallest absolute Gasteiger partial charge is 0.00717 e. The molecule has 0 radical (unpaired) electrons. The SMILES string of the molecule is Br.CCCCCCCC(=S)CC=S. The molecule has 0 aliphatic carbocycles. The molecule has 0 rings (SSSR count). The van der Waals surface area contributed by atoms with Gasteiger partial charge in [-0.25, -0.2) is 0 Å². The van der Waals surface area contributed by atoms with Crippen LogP contribution in [0.5, 0.6) is 0 Å². The van der Waals surface area contributed by atoms with Crippen molar-refractivity contribution in [3.8, 4) is 0 Å². The van der Waals surface area contributed by atoms with E-state index in [1.165, 1.54) is 32.1 Å². The van der Waals surface area contributed by atoms with Gasteiger partial charge in [0.15, 0.2) is 0 Å². The Bertz CT molecular complexity index is 135. The zero-order valence-electron chi connectivity index (χ0n) is 8.25. The molecule has 0 N–H and O–H groups in total. The Hall–Kier alpha value is 0.660. The first kappa shape index (κ1) is 16.1. The van der Waals surface area contributed by atoms with E-state index in [9.17, 15) is 0 Å². The minimum Gasteiger partial charge on any atom is -0.114 e. The van der Waals surface area contributed by atoms with E-state index in [0.717, 1.165) is 17.7 Å². The molecule has 78 valence electrons. The van der Waals surface area contributed by atoms with Crippen LogP contribution < -0.4 is 0 Å². The lowest BCUT2D eigenvalue weighted by molar-refractivity contribution is 0.644. The van der Waals surface area contributed by atoms with E-state index in [1.807, 2.05) is 0 Å². The van der Waals surface area contributed by atoms with Crippen molar-refractivity contribution in [2.24, 2.45) is 0 Å². The Morgan fingerprint density at radius 2 is 1.77 bits per heavy atom. The minimum atomic E-state index is 0. The van der Waals surface area contributed by atoms with Gasteiger partial charge < -0.3 is 0 Å². The summed E-state index contributed by atoms with van der Waals surface area (Å²) in [5, 5.41) is 1.73. The summed E-state index contributed by atoms with van der Waals surface area (Å²) < 4.78 is 0. The number of hydrogen-bond donors (Lipinski definition) is 0. The highest BCUT2D eigenvalue weighted by Crippen LogP contribution is 2.06. The van der Waals surface area contributed by atoms with Gasteiger partial charge >= 0.3 is 0 Å². The van der Waals surface area contributed by atoms with Gasteiger partial charge in [0.05, 0.1) is 0 Å². The van der Waals surface area contributed by atoms with Crippen LogP contribution in [-0.2, 0) is 0 Å². The molecule has 0 unspecified atom stereocenters. The van der Waals surface area contributed by atoms with E-state index in [1.54, 1.807) is 5.37 Å². The van der Waals surface area contributed by atoms with E-state index in [4.69, 9.17) is 24.4 Å². The van der Waals surface area contributed by atoms with E-state index >= 15 is 0 Å². The van der Waals surface area contributed by atoms with Crippen molar-refractivity contribution in [2.45, 2.75) is 51.9 Å². The maximum atomic E-state index is 5.13. The molecule has 0 nitrogen and oxygen atoms in total. The van der Waals surface area contributed by atoms with Gasteiger partial charge in [-0.15, -0.1) is 17.0 Å². The Kier molecular flexibility index (Phi) is 15.7. The molecule has 13 heavy (non-hydrogen) atoms. The normalized spacial score (nSPS) is 9.00. The monoisotopic (exact) mass is 282 g/mol. The molecule has 0 heterocycles. The van der Waals surface area contributed by atoms with E-state index < -0.39 is 0 Å². The highest BCUT2D eigenvalue weighted by Gasteiger charge is 1.94. The van der Waals surface area contributed by atoms with E-state index in [-0.39, 0.29) is 17.0 Å². The topological polar surface area (TPSA) is 0 Å². The van der Waals surface area contributed by atoms with Gasteiger partial charge in [-0.2, -0.15) is 0 Å². The summed E-state index contributed by atoms with van der Waals surface area (Å²) in [5.74, 6) is 0. The number of rotatable bonds is 8. The third-order valence-corrected chi connectivity index (χ3v) is 2.41. The fourth-order valence-corrected chi connectivity index (χ4v) is 1.66. The molecule has 0 spiro atoms. The molecule has 0 atom stereocenters. The third-order valence-electron chi connectivity index (χ3n) is 1.87. The Labute approximate surface area is 103 Å². The number of thiocarbonyl (C=S) groups is 2. The van der Waals surface area contributed by atoms with Crippen LogP contribution in [0.3, 0.4) is 0 Å². The fraction of sp³-hybridized carbons (Fsp3) is 0.800. The summed E-state index contributed by atoms with van der Waals surface area (Å²) in [6, 6.07) is 0. The Balaban J connectivity index is 0. The minimum absolute atomic E-state index is 0. The first-order valence-corrected chi connectivity index (χ1v) is 5.64. The van der Waals surface area contributed by atoms with Crippen molar-refractivity contribution < 1.29 is 0 Å². The van der Waals surface area contributed by atoms with Gasteiger partial charge in [-0.05, 0) is 23.1 Å². The molecule has 0 amide bonds. The average Bonchev–Trinajstić information content (AvgIpc) is 2.05. The summed E-state index contributed by atoms with van der Waals surface area (Å²) in [6.07, 6.45) is 8.54. The van der Waals surface area contributed by atoms with Crippen LogP contribution >= 0.6 is 41.4 Å². The summed E-state index contributed by atoms with van der Waals surface area (Å²) in [6.45, 7) is 2.23. The van der Waals surface area contributed by atoms with Crippen LogP contribution in [0.15, 0.2) is 0 Å². The van der Waals surface area contributed by atoms with Gasteiger partial charge in [0, 0.05) is 6.42 Å². The van der Waals surface area contributed by atoms with Crippen LogP contribution in [-0.4, -0.2) is 10.2 Å². The molecule has 0 aliphatic heterocycles. The predicted octanol–water partition coefficient (Wildman–Crippen LogP) is 4.68. The van der Waals surface area contributed by atoms with Gasteiger partial charge in [0.25, 0.3) is 0 Å². The zero-order valence-corrected chi connectivity index (χ0v) is 11.6. The van der Waals surface area contributed by atoms with E-state index in [2.05, 4.69) is 6.92 Å². The molecule has 0 aromatic carbocycles. The van der Waals surface area contributed by atoms with Crippen molar-refractivity contribution in [1.82, 2.24) is 0 Å². The lowest BCUT2D eigenvalue weighted by Gasteiger charge is -1.99. The van der Waals surface area contributed by atoms with Crippen molar-refractivity contribution in [2.75, 3.05) is 0 Å². The van der Waals surface area contributed by atoms with Crippen molar-refractivity contribution in [3.05, 3.63) is 0 Å². The van der Waals surface area contributed by atoms with Crippen LogP contribution in [0.25, 0.3) is 0 Å². The summed E-state index contributed by atoms with van der Waals surface area (Å²) in [4.78, 5) is 1.13. The van der Waals surface area contributed by atoms with Gasteiger partial charge in [0.1, 0.15) is 0 Å². The maximum absolute atomic E-state index is 5.13. The molecule has 0 bridgehead atoms. The Morgan fingerprint density at radius 3 is 2.31 bits per heavy atom. The number of unbranched alkanes of at least 4 members (excludes halogenated alkanes) is 4. The molecule has 0 aliphatic rings. The molecular weight excluding hydrogens is 264 g/mol. The van der Waals surface area contributed by atoms with Crippen LogP contribution in [0, 0.1) is 0 Å². The van der Waals surface area contributed by atoms with Crippen molar-refractivity contribution >= 4 is 51.6 Å². The standard InChI is InChI=1S/C10H18S2.BrH/c1-2-3-4-5-6-7-10(12)8-9-11;/h9H,2-8H2,1H3;1H. The Morgan fingerprint density at radius 1 is 1.15 bits per heavy atom. The highest BCUT2D eigenvalue weighted by atomic mass is 79.9. The first-order valence-electron chi connectivity index (χ1n) is 4.76. The molecule has 0 saturated carbocycles.